The van der Waals surface area contributed by atoms with Crippen LogP contribution in [0.1, 0.15) is 66.8 Å². The van der Waals surface area contributed by atoms with Gasteiger partial charge in [0.25, 0.3) is 0 Å². The van der Waals surface area contributed by atoms with Gasteiger partial charge in [-0.3, -0.25) is 10.1 Å². The van der Waals surface area contributed by atoms with Crippen LogP contribution in [0.5, 0.6) is 0 Å². The van der Waals surface area contributed by atoms with Crippen LogP contribution in [-0.4, -0.2) is 36.4 Å². The van der Waals surface area contributed by atoms with Crippen LogP contribution in [0.2, 0.25) is 18.1 Å². The van der Waals surface area contributed by atoms with E-state index in [-0.39, 0.29) is 16.9 Å². The molecule has 7 heteroatoms. The summed E-state index contributed by atoms with van der Waals surface area (Å²) in [7, 11) is -0.0945. The summed E-state index contributed by atoms with van der Waals surface area (Å²) < 4.78 is 8.87. The molecule has 1 atom stereocenters. The molecule has 3 rings (SSSR count). The first-order valence-electron chi connectivity index (χ1n) is 11.5. The van der Waals surface area contributed by atoms with Crippen LogP contribution in [0, 0.1) is 5.92 Å². The number of amides is 1. The minimum absolute atomic E-state index is 0.0478. The van der Waals surface area contributed by atoms with Crippen molar-refractivity contribution in [2.24, 2.45) is 5.92 Å². The standard InChI is InChI=1S/C24H40N4O2Si/c1-16(24(5,6)30-31(8,9)23(2,3)4)21(29)27-22-26-19-14-13-17(25-7)15-20(19)28(22)18-11-10-12-18/h13-16,18,25H,10-12H2,1-9H3,(H,26,27,29)/t16-/m1/s1. The highest BCUT2D eigenvalue weighted by molar-refractivity contribution is 6.74. The van der Waals surface area contributed by atoms with Crippen molar-refractivity contribution in [2.75, 3.05) is 17.7 Å². The predicted molar refractivity (Wildman–Crippen MR) is 132 cm³/mol. The number of anilines is 2. The molecule has 0 aliphatic heterocycles. The summed E-state index contributed by atoms with van der Waals surface area (Å²) in [6, 6.07) is 6.54. The zero-order valence-electron chi connectivity index (χ0n) is 20.7. The predicted octanol–water partition coefficient (Wildman–Crippen LogP) is 6.18. The molecule has 1 fully saturated rings. The lowest BCUT2D eigenvalue weighted by Gasteiger charge is -2.44. The Balaban J connectivity index is 1.87. The molecule has 0 bridgehead atoms. The van der Waals surface area contributed by atoms with E-state index in [9.17, 15) is 4.79 Å². The van der Waals surface area contributed by atoms with Crippen molar-refractivity contribution in [2.45, 2.75) is 90.6 Å². The van der Waals surface area contributed by atoms with Crippen molar-refractivity contribution in [1.82, 2.24) is 9.55 Å². The maximum absolute atomic E-state index is 13.3. The molecule has 1 heterocycles. The Morgan fingerprint density at radius 3 is 2.39 bits per heavy atom. The molecular formula is C24H40N4O2Si. The fourth-order valence-electron chi connectivity index (χ4n) is 3.78. The molecule has 0 radical (unpaired) electrons. The highest BCUT2D eigenvalue weighted by Gasteiger charge is 2.44. The molecule has 2 aromatic rings. The van der Waals surface area contributed by atoms with Gasteiger partial charge in [0.05, 0.1) is 22.6 Å². The van der Waals surface area contributed by atoms with Gasteiger partial charge in [0.15, 0.2) is 8.32 Å². The SMILES string of the molecule is CNc1ccc2nc(NC(=O)[C@@H](C)C(C)(C)O[Si](C)(C)C(C)(C)C)n(C3CCC3)c2c1. The van der Waals surface area contributed by atoms with Gasteiger partial charge in [-0.1, -0.05) is 27.7 Å². The van der Waals surface area contributed by atoms with Gasteiger partial charge >= 0.3 is 0 Å². The number of hydrogen-bond acceptors (Lipinski definition) is 4. The van der Waals surface area contributed by atoms with Crippen LogP contribution in [0.15, 0.2) is 18.2 Å². The summed E-state index contributed by atoms with van der Waals surface area (Å²) in [6.07, 6.45) is 3.45. The van der Waals surface area contributed by atoms with E-state index in [0.29, 0.717) is 12.0 Å². The number of carbonyl (C=O) groups excluding carboxylic acids is 1. The van der Waals surface area contributed by atoms with Gasteiger partial charge in [-0.25, -0.2) is 4.98 Å². The topological polar surface area (TPSA) is 68.2 Å². The van der Waals surface area contributed by atoms with E-state index in [1.54, 1.807) is 0 Å². The van der Waals surface area contributed by atoms with Crippen LogP contribution >= 0.6 is 0 Å². The summed E-state index contributed by atoms with van der Waals surface area (Å²) in [4.78, 5) is 18.1. The van der Waals surface area contributed by atoms with Crippen molar-refractivity contribution in [3.8, 4) is 0 Å². The number of imidazole rings is 1. The van der Waals surface area contributed by atoms with Crippen LogP contribution in [0.25, 0.3) is 11.0 Å². The Hall–Kier alpha value is -1.86. The number of fused-ring (bicyclic) bond motifs is 1. The van der Waals surface area contributed by atoms with E-state index in [2.05, 4.69) is 55.1 Å². The molecule has 1 amide bonds. The number of nitrogens with zero attached hydrogens (tertiary/aromatic N) is 2. The Morgan fingerprint density at radius 1 is 1.23 bits per heavy atom. The lowest BCUT2D eigenvalue weighted by molar-refractivity contribution is -0.125. The third-order valence-electron chi connectivity index (χ3n) is 7.41. The smallest absolute Gasteiger partial charge is 0.232 e. The summed E-state index contributed by atoms with van der Waals surface area (Å²) in [5.41, 5.74) is 2.45. The van der Waals surface area contributed by atoms with Crippen LogP contribution in [0.4, 0.5) is 11.6 Å². The quantitative estimate of drug-likeness (QED) is 0.501. The second kappa shape index (κ2) is 8.24. The van der Waals surface area contributed by atoms with Gasteiger partial charge in [-0.2, -0.15) is 0 Å². The first-order chi connectivity index (χ1) is 14.3. The van der Waals surface area contributed by atoms with E-state index >= 15 is 0 Å². The monoisotopic (exact) mass is 444 g/mol. The first-order valence-corrected chi connectivity index (χ1v) is 14.4. The van der Waals surface area contributed by atoms with Gasteiger partial charge in [-0.15, -0.1) is 0 Å². The number of hydrogen-bond donors (Lipinski definition) is 2. The van der Waals surface area contributed by atoms with Gasteiger partial charge in [0.1, 0.15) is 0 Å². The summed E-state index contributed by atoms with van der Waals surface area (Å²) >= 11 is 0. The highest BCUT2D eigenvalue weighted by Crippen LogP contribution is 2.41. The molecule has 1 aromatic heterocycles. The fraction of sp³-hybridized carbons (Fsp3) is 0.667. The summed E-state index contributed by atoms with van der Waals surface area (Å²) in [6.45, 7) is 17.2. The number of aromatic nitrogens is 2. The summed E-state index contributed by atoms with van der Waals surface area (Å²) in [5.74, 6) is 0.283. The zero-order chi connectivity index (χ0) is 23.2. The van der Waals surface area contributed by atoms with Crippen LogP contribution < -0.4 is 10.6 Å². The molecule has 1 aromatic carbocycles. The van der Waals surface area contributed by atoms with Crippen molar-refractivity contribution >= 4 is 36.9 Å². The van der Waals surface area contributed by atoms with Crippen LogP contribution in [0.3, 0.4) is 0 Å². The van der Waals surface area contributed by atoms with Gasteiger partial charge in [-0.05, 0) is 69.4 Å². The molecule has 0 spiro atoms. The average Bonchev–Trinajstić information content (AvgIpc) is 2.94. The van der Waals surface area contributed by atoms with E-state index in [4.69, 9.17) is 9.41 Å². The highest BCUT2D eigenvalue weighted by atomic mass is 28.4. The molecule has 31 heavy (non-hydrogen) atoms. The normalized spacial score (nSPS) is 16.8. The van der Waals surface area contributed by atoms with E-state index < -0.39 is 13.9 Å². The molecule has 0 saturated heterocycles. The molecule has 1 aliphatic carbocycles. The molecule has 2 N–H and O–H groups in total. The largest absolute Gasteiger partial charge is 0.411 e. The van der Waals surface area contributed by atoms with Crippen molar-refractivity contribution in [3.05, 3.63) is 18.2 Å². The maximum atomic E-state index is 13.3. The molecule has 1 aliphatic rings. The number of benzene rings is 1. The van der Waals surface area contributed by atoms with Crippen molar-refractivity contribution in [1.29, 1.82) is 0 Å². The molecule has 1 saturated carbocycles. The number of nitrogens with one attached hydrogen (secondary N) is 2. The van der Waals surface area contributed by atoms with E-state index in [1.165, 1.54) is 6.42 Å². The van der Waals surface area contributed by atoms with Crippen molar-refractivity contribution in [3.63, 3.8) is 0 Å². The third kappa shape index (κ3) is 4.67. The first kappa shape index (κ1) is 23.8. The summed E-state index contributed by atoms with van der Waals surface area (Å²) in [5, 5.41) is 6.43. The Morgan fingerprint density at radius 2 is 1.87 bits per heavy atom. The van der Waals surface area contributed by atoms with Crippen molar-refractivity contribution < 1.29 is 9.22 Å². The zero-order valence-corrected chi connectivity index (χ0v) is 21.7. The molecule has 6 nitrogen and oxygen atoms in total. The fourth-order valence-corrected chi connectivity index (χ4v) is 5.58. The second-order valence-corrected chi connectivity index (χ2v) is 15.7. The second-order valence-electron chi connectivity index (χ2n) is 11.0. The number of carbonyl (C=O) groups is 1. The van der Waals surface area contributed by atoms with Crippen LogP contribution in [-0.2, 0) is 9.22 Å². The average molecular weight is 445 g/mol. The molecular weight excluding hydrogens is 404 g/mol. The van der Waals surface area contributed by atoms with E-state index in [0.717, 1.165) is 29.6 Å². The lowest BCUT2D eigenvalue weighted by Crippen LogP contribution is -2.52. The van der Waals surface area contributed by atoms with Gasteiger partial charge in [0, 0.05) is 18.8 Å². The minimum Gasteiger partial charge on any atom is -0.411 e. The Labute approximate surface area is 188 Å². The minimum atomic E-state index is -2.01. The Bertz CT molecular complexity index is 954. The molecule has 0 unspecified atom stereocenters. The van der Waals surface area contributed by atoms with Gasteiger partial charge in [0.2, 0.25) is 11.9 Å². The third-order valence-corrected chi connectivity index (χ3v) is 12.1. The van der Waals surface area contributed by atoms with Gasteiger partial charge < -0.3 is 14.3 Å². The number of rotatable bonds is 7. The lowest BCUT2D eigenvalue weighted by atomic mass is 9.92. The molecule has 172 valence electrons. The Kier molecular flexibility index (Phi) is 6.33. The van der Waals surface area contributed by atoms with E-state index in [1.807, 2.05) is 40.0 Å². The maximum Gasteiger partial charge on any atom is 0.232 e.